The summed E-state index contributed by atoms with van der Waals surface area (Å²) in [4.78, 5) is 2.47. The van der Waals surface area contributed by atoms with Crippen LogP contribution in [-0.2, 0) is 0 Å². The lowest BCUT2D eigenvalue weighted by molar-refractivity contribution is 0.670. The minimum absolute atomic E-state index is 0.296. The quantitative estimate of drug-likeness (QED) is 0.247. The van der Waals surface area contributed by atoms with E-state index in [4.69, 9.17) is 4.42 Å². The third kappa shape index (κ3) is 3.20. The molecule has 0 saturated carbocycles. The Balaban J connectivity index is 1.24. The second-order valence-corrected chi connectivity index (χ2v) is 10.1. The van der Waals surface area contributed by atoms with Crippen molar-refractivity contribution in [3.63, 3.8) is 0 Å². The highest BCUT2D eigenvalue weighted by molar-refractivity contribution is 6.09. The van der Waals surface area contributed by atoms with E-state index >= 15 is 0 Å². The standard InChI is InChI=1S/C36H25NO/c1-2-12-27(13-3-1)37-33-18-6-4-14-29(33)32-23-25(20-21-34(32)37)24-10-8-11-26(22-24)28-16-9-17-31-30-15-5-7-19-35(30)38-36(28)31/h1-23,29,33H. The molecular formula is C36H25NO. The first-order valence-corrected chi connectivity index (χ1v) is 13.2. The van der Waals surface area contributed by atoms with Gasteiger partial charge in [-0.05, 0) is 58.7 Å². The van der Waals surface area contributed by atoms with Crippen molar-refractivity contribution in [1.82, 2.24) is 0 Å². The smallest absolute Gasteiger partial charge is 0.143 e. The van der Waals surface area contributed by atoms with E-state index < -0.39 is 0 Å². The molecule has 0 saturated heterocycles. The van der Waals surface area contributed by atoms with Gasteiger partial charge in [-0.15, -0.1) is 0 Å². The first-order valence-electron chi connectivity index (χ1n) is 13.2. The topological polar surface area (TPSA) is 16.4 Å². The zero-order valence-electron chi connectivity index (χ0n) is 20.8. The number of para-hydroxylation sites is 3. The molecule has 0 N–H and O–H groups in total. The van der Waals surface area contributed by atoms with Gasteiger partial charge in [-0.25, -0.2) is 0 Å². The van der Waals surface area contributed by atoms with Gasteiger partial charge in [-0.1, -0.05) is 103 Å². The molecule has 180 valence electrons. The minimum atomic E-state index is 0.296. The van der Waals surface area contributed by atoms with Crippen LogP contribution in [0.1, 0.15) is 11.5 Å². The van der Waals surface area contributed by atoms with Gasteiger partial charge in [-0.2, -0.15) is 0 Å². The Kier molecular flexibility index (Phi) is 4.68. The number of anilines is 2. The predicted molar refractivity (Wildman–Crippen MR) is 158 cm³/mol. The van der Waals surface area contributed by atoms with Crippen molar-refractivity contribution in [2.45, 2.75) is 12.0 Å². The van der Waals surface area contributed by atoms with Crippen LogP contribution in [-0.4, -0.2) is 6.04 Å². The zero-order chi connectivity index (χ0) is 25.1. The third-order valence-electron chi connectivity index (χ3n) is 8.00. The summed E-state index contributed by atoms with van der Waals surface area (Å²) in [6.45, 7) is 0. The number of fused-ring (bicyclic) bond motifs is 6. The van der Waals surface area contributed by atoms with Crippen LogP contribution in [0.15, 0.2) is 144 Å². The Hall–Kier alpha value is -4.82. The van der Waals surface area contributed by atoms with Crippen LogP contribution in [0.4, 0.5) is 11.4 Å². The fourth-order valence-electron chi connectivity index (χ4n) is 6.25. The second kappa shape index (κ2) is 8.36. The van der Waals surface area contributed by atoms with Gasteiger partial charge in [-0.3, -0.25) is 0 Å². The Bertz CT molecular complexity index is 1890. The third-order valence-corrected chi connectivity index (χ3v) is 8.00. The van der Waals surface area contributed by atoms with E-state index in [1.165, 1.54) is 28.1 Å². The number of rotatable bonds is 3. The molecule has 0 spiro atoms. The van der Waals surface area contributed by atoms with Gasteiger partial charge in [0.05, 0.1) is 6.04 Å². The molecule has 38 heavy (non-hydrogen) atoms. The van der Waals surface area contributed by atoms with E-state index in [1.807, 2.05) is 12.1 Å². The summed E-state index contributed by atoms with van der Waals surface area (Å²) >= 11 is 0. The molecule has 2 heterocycles. The van der Waals surface area contributed by atoms with Gasteiger partial charge in [0.15, 0.2) is 0 Å². The molecule has 1 aliphatic carbocycles. The van der Waals surface area contributed by atoms with Crippen LogP contribution in [0.25, 0.3) is 44.2 Å². The fourth-order valence-corrected chi connectivity index (χ4v) is 6.25. The zero-order valence-corrected chi connectivity index (χ0v) is 20.8. The van der Waals surface area contributed by atoms with Crippen LogP contribution < -0.4 is 4.90 Å². The number of allylic oxidation sites excluding steroid dienone is 2. The van der Waals surface area contributed by atoms with Crippen molar-refractivity contribution in [1.29, 1.82) is 0 Å². The summed E-state index contributed by atoms with van der Waals surface area (Å²) in [5.41, 5.74) is 10.5. The van der Waals surface area contributed by atoms with Gasteiger partial charge in [0.25, 0.3) is 0 Å². The summed E-state index contributed by atoms with van der Waals surface area (Å²) in [6, 6.07) is 41.5. The lowest BCUT2D eigenvalue weighted by atomic mass is 9.89. The van der Waals surface area contributed by atoms with Crippen molar-refractivity contribution in [2.75, 3.05) is 4.90 Å². The maximum atomic E-state index is 6.34. The summed E-state index contributed by atoms with van der Waals surface area (Å²) in [6.07, 6.45) is 9.02. The van der Waals surface area contributed by atoms with Gasteiger partial charge < -0.3 is 9.32 Å². The largest absolute Gasteiger partial charge is 0.455 e. The summed E-state index contributed by atoms with van der Waals surface area (Å²) in [5, 5.41) is 2.32. The summed E-state index contributed by atoms with van der Waals surface area (Å²) in [5.74, 6) is 0.336. The molecule has 2 unspecified atom stereocenters. The molecular weight excluding hydrogens is 462 g/mol. The predicted octanol–water partition coefficient (Wildman–Crippen LogP) is 9.65. The molecule has 0 radical (unpaired) electrons. The molecule has 2 atom stereocenters. The van der Waals surface area contributed by atoms with Crippen LogP contribution in [0.3, 0.4) is 0 Å². The molecule has 0 fully saturated rings. The van der Waals surface area contributed by atoms with Crippen LogP contribution in [0, 0.1) is 0 Å². The Morgan fingerprint density at radius 2 is 1.34 bits per heavy atom. The highest BCUT2D eigenvalue weighted by atomic mass is 16.3. The molecule has 0 amide bonds. The first kappa shape index (κ1) is 21.3. The SMILES string of the molecule is C1=CC2c3cc(-c4cccc(-c5cccc6c5oc5ccccc56)c4)ccc3N(c3ccccc3)C2C=C1. The monoisotopic (exact) mass is 487 g/mol. The maximum absolute atomic E-state index is 6.34. The van der Waals surface area contributed by atoms with E-state index in [9.17, 15) is 0 Å². The normalized spacial score (nSPS) is 17.7. The lowest BCUT2D eigenvalue weighted by Gasteiger charge is -2.28. The molecule has 2 nitrogen and oxygen atoms in total. The van der Waals surface area contributed by atoms with Crippen molar-refractivity contribution < 1.29 is 4.42 Å². The Morgan fingerprint density at radius 3 is 2.29 bits per heavy atom. The first-order chi connectivity index (χ1) is 18.8. The lowest BCUT2D eigenvalue weighted by Crippen LogP contribution is -2.28. The Morgan fingerprint density at radius 1 is 0.579 bits per heavy atom. The molecule has 1 aromatic heterocycles. The van der Waals surface area contributed by atoms with Gasteiger partial charge in [0.2, 0.25) is 0 Å². The molecule has 2 heteroatoms. The number of hydrogen-bond donors (Lipinski definition) is 0. The van der Waals surface area contributed by atoms with Gasteiger partial charge >= 0.3 is 0 Å². The molecule has 2 aliphatic rings. The summed E-state index contributed by atoms with van der Waals surface area (Å²) < 4.78 is 6.34. The highest BCUT2D eigenvalue weighted by Crippen LogP contribution is 2.49. The molecule has 1 aliphatic heterocycles. The molecule has 0 bridgehead atoms. The van der Waals surface area contributed by atoms with Gasteiger partial charge in [0, 0.05) is 33.6 Å². The van der Waals surface area contributed by atoms with E-state index in [-0.39, 0.29) is 0 Å². The van der Waals surface area contributed by atoms with E-state index in [0.717, 1.165) is 33.1 Å². The van der Waals surface area contributed by atoms with Crippen molar-refractivity contribution >= 4 is 33.3 Å². The average Bonchev–Trinajstić information content (AvgIpc) is 3.53. The summed E-state index contributed by atoms with van der Waals surface area (Å²) in [7, 11) is 0. The number of hydrogen-bond acceptors (Lipinski definition) is 2. The highest BCUT2D eigenvalue weighted by Gasteiger charge is 2.37. The number of benzene rings is 5. The minimum Gasteiger partial charge on any atom is -0.455 e. The van der Waals surface area contributed by atoms with Gasteiger partial charge in [0.1, 0.15) is 11.2 Å². The van der Waals surface area contributed by atoms with Crippen LogP contribution in [0.2, 0.25) is 0 Å². The molecule has 5 aromatic carbocycles. The molecule has 6 aromatic rings. The van der Waals surface area contributed by atoms with Crippen LogP contribution in [0.5, 0.6) is 0 Å². The number of nitrogens with zero attached hydrogens (tertiary/aromatic N) is 1. The fraction of sp³-hybridized carbons (Fsp3) is 0.0556. The molecule has 8 rings (SSSR count). The maximum Gasteiger partial charge on any atom is 0.143 e. The van der Waals surface area contributed by atoms with Crippen molar-refractivity contribution in [2.24, 2.45) is 0 Å². The Labute approximate surface area is 221 Å². The van der Waals surface area contributed by atoms with E-state index in [2.05, 4.69) is 132 Å². The van der Waals surface area contributed by atoms with Crippen molar-refractivity contribution in [3.8, 4) is 22.3 Å². The van der Waals surface area contributed by atoms with E-state index in [1.54, 1.807) is 0 Å². The van der Waals surface area contributed by atoms with Crippen molar-refractivity contribution in [3.05, 3.63) is 145 Å². The number of furan rings is 1. The second-order valence-electron chi connectivity index (χ2n) is 10.1. The van der Waals surface area contributed by atoms with E-state index in [0.29, 0.717) is 12.0 Å². The average molecular weight is 488 g/mol. The van der Waals surface area contributed by atoms with Crippen LogP contribution >= 0.6 is 0 Å².